The van der Waals surface area contributed by atoms with Crippen LogP contribution in [0.4, 0.5) is 11.4 Å². The zero-order valence-electron chi connectivity index (χ0n) is 13.1. The highest BCUT2D eigenvalue weighted by Gasteiger charge is 2.15. The summed E-state index contributed by atoms with van der Waals surface area (Å²) >= 11 is 5.96. The Morgan fingerprint density at radius 3 is 1.96 bits per heavy atom. The molecule has 0 radical (unpaired) electrons. The number of hydrogen-bond acceptors (Lipinski definition) is 4. The zero-order valence-corrected chi connectivity index (χ0v) is 13.8. The van der Waals surface area contributed by atoms with Gasteiger partial charge in [0.2, 0.25) is 0 Å². The lowest BCUT2D eigenvalue weighted by atomic mass is 10.1. The molecule has 0 bridgehead atoms. The van der Waals surface area contributed by atoms with Gasteiger partial charge in [-0.3, -0.25) is 14.4 Å². The lowest BCUT2D eigenvalue weighted by molar-refractivity contribution is -0.132. The third-order valence-electron chi connectivity index (χ3n) is 3.17. The number of benzene rings is 2. The Morgan fingerprint density at radius 1 is 0.917 bits per heavy atom. The van der Waals surface area contributed by atoms with Gasteiger partial charge in [-0.1, -0.05) is 11.6 Å². The summed E-state index contributed by atoms with van der Waals surface area (Å²) in [6.45, 7) is 1.45. The maximum absolute atomic E-state index is 11.9. The minimum atomic E-state index is -0.841. The molecule has 0 atom stereocenters. The van der Waals surface area contributed by atoms with Gasteiger partial charge in [0.15, 0.2) is 5.78 Å². The molecule has 6 nitrogen and oxygen atoms in total. The highest BCUT2D eigenvalue weighted by Crippen LogP contribution is 2.27. The Bertz CT molecular complexity index is 788. The Morgan fingerprint density at radius 2 is 1.46 bits per heavy atom. The highest BCUT2D eigenvalue weighted by atomic mass is 35.5. The molecule has 0 spiro atoms. The Hall–Kier alpha value is -2.86. The number of carbonyl (C=O) groups excluding carboxylic acids is 3. The van der Waals surface area contributed by atoms with Crippen LogP contribution in [-0.2, 0) is 9.59 Å². The second kappa shape index (κ2) is 7.61. The number of halogens is 1. The van der Waals surface area contributed by atoms with Crippen molar-refractivity contribution in [3.05, 3.63) is 53.1 Å². The standard InChI is InChI=1S/C17H15ClN2O4/c1-10(21)11-3-5-12(6-4-11)19-16(22)17(23)20-13-7-8-15(24-2)14(18)9-13/h3-9H,1-2H3,(H,19,22)(H,20,23). The highest BCUT2D eigenvalue weighted by molar-refractivity contribution is 6.43. The number of ketones is 1. The smallest absolute Gasteiger partial charge is 0.314 e. The van der Waals surface area contributed by atoms with Gasteiger partial charge in [-0.25, -0.2) is 0 Å². The van der Waals surface area contributed by atoms with E-state index in [1.807, 2.05) is 0 Å². The molecule has 0 saturated heterocycles. The molecule has 0 fully saturated rings. The number of rotatable bonds is 4. The van der Waals surface area contributed by atoms with Gasteiger partial charge in [0.1, 0.15) is 5.75 Å². The van der Waals surface area contributed by atoms with Gasteiger partial charge < -0.3 is 15.4 Å². The first-order chi connectivity index (χ1) is 11.4. The maximum Gasteiger partial charge on any atom is 0.314 e. The van der Waals surface area contributed by atoms with Gasteiger partial charge in [-0.05, 0) is 49.4 Å². The van der Waals surface area contributed by atoms with Gasteiger partial charge in [0.05, 0.1) is 12.1 Å². The van der Waals surface area contributed by atoms with Crippen LogP contribution in [-0.4, -0.2) is 24.7 Å². The number of hydrogen-bond donors (Lipinski definition) is 2. The summed E-state index contributed by atoms with van der Waals surface area (Å²) < 4.78 is 5.01. The van der Waals surface area contributed by atoms with Crippen LogP contribution in [0.5, 0.6) is 5.75 Å². The lowest BCUT2D eigenvalue weighted by Crippen LogP contribution is -2.29. The molecule has 0 aromatic heterocycles. The molecule has 2 aromatic rings. The molecule has 0 heterocycles. The first kappa shape index (κ1) is 17.5. The van der Waals surface area contributed by atoms with E-state index in [4.69, 9.17) is 16.3 Å². The molecular formula is C17H15ClN2O4. The van der Waals surface area contributed by atoms with E-state index >= 15 is 0 Å². The minimum Gasteiger partial charge on any atom is -0.495 e. The van der Waals surface area contributed by atoms with Crippen molar-refractivity contribution in [3.63, 3.8) is 0 Å². The van der Waals surface area contributed by atoms with E-state index in [0.717, 1.165) is 0 Å². The largest absolute Gasteiger partial charge is 0.495 e. The molecule has 24 heavy (non-hydrogen) atoms. The third-order valence-corrected chi connectivity index (χ3v) is 3.46. The van der Waals surface area contributed by atoms with Crippen LogP contribution in [0.2, 0.25) is 5.02 Å². The number of amides is 2. The summed E-state index contributed by atoms with van der Waals surface area (Å²) in [5.74, 6) is -1.30. The van der Waals surface area contributed by atoms with E-state index in [1.54, 1.807) is 36.4 Å². The normalized spacial score (nSPS) is 9.96. The first-order valence-corrected chi connectivity index (χ1v) is 7.35. The topological polar surface area (TPSA) is 84.5 Å². The average molecular weight is 347 g/mol. The molecular weight excluding hydrogens is 332 g/mol. The van der Waals surface area contributed by atoms with Crippen LogP contribution >= 0.6 is 11.6 Å². The second-order valence-corrected chi connectivity index (χ2v) is 5.30. The van der Waals surface area contributed by atoms with Crippen molar-refractivity contribution in [2.45, 2.75) is 6.92 Å². The summed E-state index contributed by atoms with van der Waals surface area (Å²) in [6.07, 6.45) is 0. The molecule has 0 saturated carbocycles. The molecule has 124 valence electrons. The Balaban J connectivity index is 2.00. The zero-order chi connectivity index (χ0) is 17.7. The van der Waals surface area contributed by atoms with E-state index < -0.39 is 11.8 Å². The molecule has 0 unspecified atom stereocenters. The molecule has 0 aliphatic rings. The maximum atomic E-state index is 11.9. The molecule has 7 heteroatoms. The van der Waals surface area contributed by atoms with Crippen molar-refractivity contribution >= 4 is 40.6 Å². The van der Waals surface area contributed by atoms with Crippen LogP contribution in [0.3, 0.4) is 0 Å². The Labute approximate surface area is 143 Å². The number of ether oxygens (including phenoxy) is 1. The molecule has 2 amide bonds. The van der Waals surface area contributed by atoms with Crippen LogP contribution in [0.15, 0.2) is 42.5 Å². The van der Waals surface area contributed by atoms with Crippen LogP contribution < -0.4 is 15.4 Å². The van der Waals surface area contributed by atoms with Crippen molar-refractivity contribution in [3.8, 4) is 5.75 Å². The summed E-state index contributed by atoms with van der Waals surface area (Å²) in [5.41, 5.74) is 1.30. The predicted molar refractivity (Wildman–Crippen MR) is 91.7 cm³/mol. The van der Waals surface area contributed by atoms with Crippen LogP contribution in [0, 0.1) is 0 Å². The average Bonchev–Trinajstić information content (AvgIpc) is 2.55. The van der Waals surface area contributed by atoms with E-state index in [-0.39, 0.29) is 5.78 Å². The van der Waals surface area contributed by atoms with Crippen molar-refractivity contribution in [1.29, 1.82) is 0 Å². The molecule has 2 aromatic carbocycles. The first-order valence-electron chi connectivity index (χ1n) is 6.97. The second-order valence-electron chi connectivity index (χ2n) is 4.89. The fourth-order valence-electron chi connectivity index (χ4n) is 1.91. The van der Waals surface area contributed by atoms with Gasteiger partial charge >= 0.3 is 11.8 Å². The molecule has 2 N–H and O–H groups in total. The van der Waals surface area contributed by atoms with Crippen molar-refractivity contribution in [2.75, 3.05) is 17.7 Å². The summed E-state index contributed by atoms with van der Waals surface area (Å²) in [5, 5.41) is 5.20. The Kier molecular flexibility index (Phi) is 5.55. The number of anilines is 2. The number of methoxy groups -OCH3 is 1. The van der Waals surface area contributed by atoms with E-state index in [2.05, 4.69) is 10.6 Å². The van der Waals surface area contributed by atoms with Gasteiger partial charge in [-0.2, -0.15) is 0 Å². The number of nitrogens with one attached hydrogen (secondary N) is 2. The number of carbonyl (C=O) groups is 3. The number of Topliss-reactive ketones (excluding diaryl/α,β-unsaturated/α-hetero) is 1. The minimum absolute atomic E-state index is 0.0815. The van der Waals surface area contributed by atoms with Gasteiger partial charge in [0, 0.05) is 16.9 Å². The monoisotopic (exact) mass is 346 g/mol. The summed E-state index contributed by atoms with van der Waals surface area (Å²) in [7, 11) is 1.48. The van der Waals surface area contributed by atoms with Crippen molar-refractivity contribution in [1.82, 2.24) is 0 Å². The van der Waals surface area contributed by atoms with Crippen molar-refractivity contribution < 1.29 is 19.1 Å². The van der Waals surface area contributed by atoms with E-state index in [1.165, 1.54) is 20.1 Å². The SMILES string of the molecule is COc1ccc(NC(=O)C(=O)Nc2ccc(C(C)=O)cc2)cc1Cl. The molecule has 0 aliphatic heterocycles. The quantitative estimate of drug-likeness (QED) is 0.658. The van der Waals surface area contributed by atoms with Gasteiger partial charge in [-0.15, -0.1) is 0 Å². The van der Waals surface area contributed by atoms with E-state index in [0.29, 0.717) is 27.7 Å². The summed E-state index contributed by atoms with van der Waals surface area (Å²) in [4.78, 5) is 35.0. The third kappa shape index (κ3) is 4.33. The van der Waals surface area contributed by atoms with Crippen molar-refractivity contribution in [2.24, 2.45) is 0 Å². The molecule has 2 rings (SSSR count). The fraction of sp³-hybridized carbons (Fsp3) is 0.118. The van der Waals surface area contributed by atoms with Gasteiger partial charge in [0.25, 0.3) is 0 Å². The van der Waals surface area contributed by atoms with E-state index in [9.17, 15) is 14.4 Å². The van der Waals surface area contributed by atoms with Crippen LogP contribution in [0.1, 0.15) is 17.3 Å². The molecule has 0 aliphatic carbocycles. The fourth-order valence-corrected chi connectivity index (χ4v) is 2.17. The summed E-state index contributed by atoms with van der Waals surface area (Å²) in [6, 6.07) is 10.9. The lowest BCUT2D eigenvalue weighted by Gasteiger charge is -2.08. The van der Waals surface area contributed by atoms with Crippen LogP contribution in [0.25, 0.3) is 0 Å². The predicted octanol–water partition coefficient (Wildman–Crippen LogP) is 3.13.